The third kappa shape index (κ3) is 1.63. The first kappa shape index (κ1) is 7.65. The van der Waals surface area contributed by atoms with Crippen molar-refractivity contribution in [3.05, 3.63) is 12.0 Å². The van der Waals surface area contributed by atoms with Gasteiger partial charge >= 0.3 is 0 Å². The Kier molecular flexibility index (Phi) is 2.18. The van der Waals surface area contributed by atoms with Gasteiger partial charge in [-0.25, -0.2) is 8.42 Å². The van der Waals surface area contributed by atoms with E-state index in [4.69, 9.17) is 5.73 Å². The van der Waals surface area contributed by atoms with E-state index in [-0.39, 0.29) is 0 Å². The molecule has 0 radical (unpaired) electrons. The van der Waals surface area contributed by atoms with Crippen LogP contribution in [-0.2, 0) is 9.84 Å². The summed E-state index contributed by atoms with van der Waals surface area (Å²) < 4.78 is 20.9. The molecule has 0 rings (SSSR count). The molecule has 0 amide bonds. The second-order valence-electron chi connectivity index (χ2n) is 1.46. The lowest BCUT2D eigenvalue weighted by atomic mass is 10.8. The summed E-state index contributed by atoms with van der Waals surface area (Å²) in [7, 11) is -3.19. The summed E-state index contributed by atoms with van der Waals surface area (Å²) in [5, 5.41) is 0.0255. The third-order valence-corrected chi connectivity index (χ3v) is 2.25. The molecule has 1 atom stereocenters. The highest BCUT2D eigenvalue weighted by molar-refractivity contribution is 7.94. The van der Waals surface area contributed by atoms with Crippen LogP contribution in [0, 0.1) is 0 Å². The van der Waals surface area contributed by atoms with Crippen LogP contribution < -0.4 is 5.73 Å². The number of nitrogens with two attached hydrogens (primary N) is 1. The van der Waals surface area contributed by atoms with Crippen molar-refractivity contribution in [2.45, 2.75) is 12.3 Å². The monoisotopic (exact) mass is 135 g/mol. The lowest BCUT2D eigenvalue weighted by molar-refractivity contribution is 0.594. The molecule has 0 bridgehead atoms. The van der Waals surface area contributed by atoms with Gasteiger partial charge in [0.25, 0.3) is 0 Å². The molecule has 0 aliphatic carbocycles. The highest BCUT2D eigenvalue weighted by atomic mass is 32.2. The lowest BCUT2D eigenvalue weighted by Gasteiger charge is -1.98. The molecule has 0 aromatic carbocycles. The van der Waals surface area contributed by atoms with Crippen LogP contribution in [0.5, 0.6) is 0 Å². The Hall–Kier alpha value is -0.350. The highest BCUT2D eigenvalue weighted by Crippen LogP contribution is 1.93. The molecular weight excluding hydrogens is 126 g/mol. The van der Waals surface area contributed by atoms with Gasteiger partial charge in [-0.05, 0) is 6.92 Å². The van der Waals surface area contributed by atoms with Crippen LogP contribution in [-0.4, -0.2) is 13.8 Å². The zero-order valence-electron chi connectivity index (χ0n) is 4.66. The Bertz CT molecular complexity index is 168. The second kappa shape index (κ2) is 2.28. The summed E-state index contributed by atoms with van der Waals surface area (Å²) in [6, 6.07) is 0. The molecule has 0 saturated carbocycles. The maximum Gasteiger partial charge on any atom is 0.186 e. The molecule has 4 heteroatoms. The van der Waals surface area contributed by atoms with Crippen LogP contribution in [0.1, 0.15) is 6.92 Å². The first-order valence-corrected chi connectivity index (χ1v) is 3.73. The van der Waals surface area contributed by atoms with Crippen molar-refractivity contribution in [2.75, 3.05) is 0 Å². The average molecular weight is 135 g/mol. The SMILES string of the molecule is C=CS(=O)(=O)C(C)N. The average Bonchev–Trinajstić information content (AvgIpc) is 1.67. The van der Waals surface area contributed by atoms with E-state index in [2.05, 4.69) is 6.58 Å². The number of hydrogen-bond donors (Lipinski definition) is 1. The van der Waals surface area contributed by atoms with Gasteiger partial charge in [0.1, 0.15) is 5.37 Å². The zero-order chi connectivity index (χ0) is 6.78. The maximum absolute atomic E-state index is 10.5. The van der Waals surface area contributed by atoms with Gasteiger partial charge in [-0.1, -0.05) is 6.58 Å². The van der Waals surface area contributed by atoms with Crippen molar-refractivity contribution in [2.24, 2.45) is 5.73 Å². The normalized spacial score (nSPS) is 15.2. The Morgan fingerprint density at radius 2 is 2.12 bits per heavy atom. The van der Waals surface area contributed by atoms with Gasteiger partial charge in [0.15, 0.2) is 9.84 Å². The van der Waals surface area contributed by atoms with Gasteiger partial charge in [-0.15, -0.1) is 0 Å². The van der Waals surface area contributed by atoms with Crippen LogP contribution in [0.2, 0.25) is 0 Å². The minimum absolute atomic E-state index is 0.833. The minimum Gasteiger partial charge on any atom is -0.315 e. The fourth-order valence-electron chi connectivity index (χ4n) is 0.152. The topological polar surface area (TPSA) is 60.2 Å². The molecule has 0 spiro atoms. The Balaban J connectivity index is 4.40. The van der Waals surface area contributed by atoms with Crippen LogP contribution in [0.3, 0.4) is 0 Å². The van der Waals surface area contributed by atoms with E-state index in [1.54, 1.807) is 0 Å². The summed E-state index contributed by atoms with van der Waals surface area (Å²) in [6.07, 6.45) is 0. The molecule has 0 aromatic rings. The maximum atomic E-state index is 10.5. The van der Waals surface area contributed by atoms with Crippen molar-refractivity contribution in [3.8, 4) is 0 Å². The van der Waals surface area contributed by atoms with Gasteiger partial charge in [0.2, 0.25) is 0 Å². The van der Waals surface area contributed by atoms with Crippen LogP contribution in [0.15, 0.2) is 12.0 Å². The second-order valence-corrected chi connectivity index (χ2v) is 3.72. The molecule has 48 valence electrons. The van der Waals surface area contributed by atoms with Crippen LogP contribution >= 0.6 is 0 Å². The highest BCUT2D eigenvalue weighted by Gasteiger charge is 2.09. The standard InChI is InChI=1S/C4H9NO2S/c1-3-8(6,7)4(2)5/h3-4H,1,5H2,2H3. The Labute approximate surface area is 49.1 Å². The van der Waals surface area contributed by atoms with Gasteiger partial charge in [-0.3, -0.25) is 0 Å². The van der Waals surface area contributed by atoms with Crippen molar-refractivity contribution >= 4 is 9.84 Å². The number of hydrogen-bond acceptors (Lipinski definition) is 3. The van der Waals surface area contributed by atoms with E-state index in [9.17, 15) is 8.42 Å². The van der Waals surface area contributed by atoms with Crippen molar-refractivity contribution in [3.63, 3.8) is 0 Å². The molecule has 1 unspecified atom stereocenters. The van der Waals surface area contributed by atoms with E-state index in [1.807, 2.05) is 0 Å². The third-order valence-electron chi connectivity index (χ3n) is 0.751. The smallest absolute Gasteiger partial charge is 0.186 e. The Morgan fingerprint density at radius 3 is 2.12 bits per heavy atom. The molecule has 0 fully saturated rings. The quantitative estimate of drug-likeness (QED) is 0.572. The van der Waals surface area contributed by atoms with E-state index < -0.39 is 15.2 Å². The van der Waals surface area contributed by atoms with Crippen molar-refractivity contribution < 1.29 is 8.42 Å². The summed E-state index contributed by atoms with van der Waals surface area (Å²) >= 11 is 0. The van der Waals surface area contributed by atoms with E-state index in [1.165, 1.54) is 6.92 Å². The molecule has 2 N–H and O–H groups in total. The van der Waals surface area contributed by atoms with E-state index >= 15 is 0 Å². The zero-order valence-corrected chi connectivity index (χ0v) is 5.48. The first-order chi connectivity index (χ1) is 3.50. The molecule has 8 heavy (non-hydrogen) atoms. The van der Waals surface area contributed by atoms with Gasteiger partial charge in [0.05, 0.1) is 0 Å². The number of sulfone groups is 1. The summed E-state index contributed by atoms with van der Waals surface area (Å²) in [5.41, 5.74) is 5.02. The largest absolute Gasteiger partial charge is 0.315 e. The molecule has 0 aliphatic heterocycles. The minimum atomic E-state index is -3.19. The fraction of sp³-hybridized carbons (Fsp3) is 0.500. The van der Waals surface area contributed by atoms with Crippen molar-refractivity contribution in [1.29, 1.82) is 0 Å². The van der Waals surface area contributed by atoms with Crippen LogP contribution in [0.4, 0.5) is 0 Å². The molecule has 0 saturated heterocycles. The lowest BCUT2D eigenvalue weighted by Crippen LogP contribution is -2.24. The summed E-state index contributed by atoms with van der Waals surface area (Å²) in [6.45, 7) is 4.49. The van der Waals surface area contributed by atoms with Gasteiger partial charge in [0, 0.05) is 5.41 Å². The Morgan fingerprint density at radius 1 is 1.75 bits per heavy atom. The predicted octanol–water partition coefficient (Wildman–Crippen LogP) is -0.151. The molecule has 0 heterocycles. The molecule has 0 aliphatic rings. The predicted molar refractivity (Wildman–Crippen MR) is 32.8 cm³/mol. The molecule has 3 nitrogen and oxygen atoms in total. The van der Waals surface area contributed by atoms with Gasteiger partial charge < -0.3 is 5.73 Å². The summed E-state index contributed by atoms with van der Waals surface area (Å²) in [4.78, 5) is 0. The summed E-state index contributed by atoms with van der Waals surface area (Å²) in [5.74, 6) is 0. The first-order valence-electron chi connectivity index (χ1n) is 2.12. The van der Waals surface area contributed by atoms with Crippen LogP contribution in [0.25, 0.3) is 0 Å². The molecular formula is C4H9NO2S. The fourth-order valence-corrected chi connectivity index (χ4v) is 0.455. The van der Waals surface area contributed by atoms with E-state index in [0.717, 1.165) is 5.41 Å². The van der Waals surface area contributed by atoms with Gasteiger partial charge in [-0.2, -0.15) is 0 Å². The number of rotatable bonds is 2. The van der Waals surface area contributed by atoms with Crippen molar-refractivity contribution in [1.82, 2.24) is 0 Å². The molecule has 0 aromatic heterocycles. The van der Waals surface area contributed by atoms with E-state index in [0.29, 0.717) is 0 Å².